The van der Waals surface area contributed by atoms with Crippen LogP contribution in [0.15, 0.2) is 217 Å². The minimum absolute atomic E-state index is 0.801. The lowest BCUT2D eigenvalue weighted by Gasteiger charge is -2.29. The predicted molar refractivity (Wildman–Crippen MR) is 246 cm³/mol. The third-order valence-electron chi connectivity index (χ3n) is 11.8. The Morgan fingerprint density at radius 2 is 1.07 bits per heavy atom. The first kappa shape index (κ1) is 33.2. The van der Waals surface area contributed by atoms with E-state index >= 15 is 0 Å². The number of nitrogens with zero attached hydrogens (tertiary/aromatic N) is 3. The Morgan fingerprint density at radius 3 is 1.92 bits per heavy atom. The molecule has 0 aliphatic rings. The highest BCUT2D eigenvalue weighted by Gasteiger charge is 2.21. The second-order valence-corrected chi connectivity index (χ2v) is 15.1. The molecule has 0 spiro atoms. The molecule has 0 saturated carbocycles. The van der Waals surface area contributed by atoms with Gasteiger partial charge in [0.25, 0.3) is 0 Å². The lowest BCUT2D eigenvalue weighted by molar-refractivity contribution is 0.668. The number of fused-ring (bicyclic) bond motifs is 9. The molecule has 0 aliphatic heterocycles. The Hall–Kier alpha value is -7.95. The standard InChI is InChI=1S/C55H35N3O/c1-3-15-42-36(12-1)14-11-22-49(42)57(40-31-26-39(27-32-40)54-55-46(34-35-56-54)45-18-7-10-23-52(45)59-55)48-20-8-5-16-43(48)38-24-29-41(30-25-38)58-50-21-9-6-19-47(50)53-44-17-4-2-13-37(44)28-33-51(53)58/h1-35H. The van der Waals surface area contributed by atoms with Gasteiger partial charge in [0.15, 0.2) is 5.58 Å². The fourth-order valence-corrected chi connectivity index (χ4v) is 9.16. The van der Waals surface area contributed by atoms with E-state index in [1.54, 1.807) is 0 Å². The highest BCUT2D eigenvalue weighted by Crippen LogP contribution is 2.45. The number of aromatic nitrogens is 2. The highest BCUT2D eigenvalue weighted by atomic mass is 16.3. The molecule has 0 bridgehead atoms. The van der Waals surface area contributed by atoms with Crippen LogP contribution in [0.1, 0.15) is 0 Å². The van der Waals surface area contributed by atoms with Crippen molar-refractivity contribution in [2.75, 3.05) is 4.90 Å². The Bertz CT molecular complexity index is 3550. The number of pyridine rings is 1. The first-order valence-electron chi connectivity index (χ1n) is 20.0. The number of furan rings is 1. The maximum Gasteiger partial charge on any atom is 0.161 e. The SMILES string of the molecule is c1ccc(N(c2ccc(-c3nccc4c3oc3ccccc34)cc2)c2cccc3ccccc23)c(-c2ccc(-n3c4ccccc4c4c5ccccc5ccc43)cc2)c1. The summed E-state index contributed by atoms with van der Waals surface area (Å²) in [4.78, 5) is 7.21. The summed E-state index contributed by atoms with van der Waals surface area (Å²) >= 11 is 0. The minimum Gasteiger partial charge on any atom is -0.454 e. The summed E-state index contributed by atoms with van der Waals surface area (Å²) in [7, 11) is 0. The van der Waals surface area contributed by atoms with Gasteiger partial charge >= 0.3 is 0 Å². The van der Waals surface area contributed by atoms with Crippen molar-refractivity contribution in [3.8, 4) is 28.1 Å². The van der Waals surface area contributed by atoms with Crippen LogP contribution < -0.4 is 4.90 Å². The summed E-state index contributed by atoms with van der Waals surface area (Å²) in [5, 5.41) is 9.60. The number of anilines is 3. The van der Waals surface area contributed by atoms with Gasteiger partial charge in [-0.05, 0) is 82.4 Å². The van der Waals surface area contributed by atoms with Crippen LogP contribution in [0.4, 0.5) is 17.1 Å². The average Bonchev–Trinajstić information content (AvgIpc) is 3.86. The second-order valence-electron chi connectivity index (χ2n) is 15.1. The number of benzene rings is 9. The molecule has 0 amide bonds. The van der Waals surface area contributed by atoms with E-state index in [4.69, 9.17) is 9.40 Å². The van der Waals surface area contributed by atoms with Crippen molar-refractivity contribution in [1.29, 1.82) is 0 Å². The van der Waals surface area contributed by atoms with E-state index in [-0.39, 0.29) is 0 Å². The van der Waals surface area contributed by atoms with Gasteiger partial charge < -0.3 is 13.9 Å². The molecule has 4 nitrogen and oxygen atoms in total. The third-order valence-corrected chi connectivity index (χ3v) is 11.8. The van der Waals surface area contributed by atoms with Gasteiger partial charge in [-0.15, -0.1) is 0 Å². The molecule has 59 heavy (non-hydrogen) atoms. The Labute approximate surface area is 340 Å². The molecule has 3 aromatic heterocycles. The van der Waals surface area contributed by atoms with E-state index in [0.29, 0.717) is 0 Å². The summed E-state index contributed by atoms with van der Waals surface area (Å²) < 4.78 is 8.78. The zero-order chi connectivity index (χ0) is 38.9. The zero-order valence-electron chi connectivity index (χ0n) is 32.0. The third kappa shape index (κ3) is 5.27. The normalized spacial score (nSPS) is 11.7. The second kappa shape index (κ2) is 13.3. The van der Waals surface area contributed by atoms with Gasteiger partial charge in [0, 0.05) is 55.6 Å². The molecule has 12 rings (SSSR count). The van der Waals surface area contributed by atoms with Gasteiger partial charge in [-0.3, -0.25) is 4.98 Å². The molecular formula is C55H35N3O. The number of rotatable bonds is 6. The summed E-state index contributed by atoms with van der Waals surface area (Å²) in [6, 6.07) is 73.8. The van der Waals surface area contributed by atoms with Crippen molar-refractivity contribution < 1.29 is 4.42 Å². The van der Waals surface area contributed by atoms with Crippen molar-refractivity contribution in [3.05, 3.63) is 212 Å². The molecule has 0 atom stereocenters. The van der Waals surface area contributed by atoms with E-state index in [0.717, 1.165) is 67.1 Å². The topological polar surface area (TPSA) is 34.2 Å². The fourth-order valence-electron chi connectivity index (χ4n) is 9.16. The first-order valence-corrected chi connectivity index (χ1v) is 20.0. The molecular weight excluding hydrogens is 719 g/mol. The van der Waals surface area contributed by atoms with Gasteiger partial charge in [0.1, 0.15) is 11.3 Å². The molecule has 0 radical (unpaired) electrons. The number of hydrogen-bond donors (Lipinski definition) is 0. The smallest absolute Gasteiger partial charge is 0.161 e. The van der Waals surface area contributed by atoms with Crippen LogP contribution in [0, 0.1) is 0 Å². The molecule has 0 fully saturated rings. The van der Waals surface area contributed by atoms with Crippen molar-refractivity contribution >= 4 is 82.4 Å². The van der Waals surface area contributed by atoms with Gasteiger partial charge in [-0.2, -0.15) is 0 Å². The maximum absolute atomic E-state index is 6.38. The van der Waals surface area contributed by atoms with Crippen LogP contribution in [-0.4, -0.2) is 9.55 Å². The molecule has 3 heterocycles. The molecule has 12 aromatic rings. The minimum atomic E-state index is 0.801. The van der Waals surface area contributed by atoms with Crippen molar-refractivity contribution in [2.45, 2.75) is 0 Å². The van der Waals surface area contributed by atoms with Crippen LogP contribution in [-0.2, 0) is 0 Å². The molecule has 9 aromatic carbocycles. The van der Waals surface area contributed by atoms with Crippen LogP contribution in [0.2, 0.25) is 0 Å². The van der Waals surface area contributed by atoms with Gasteiger partial charge in [0.05, 0.1) is 22.4 Å². The lowest BCUT2D eigenvalue weighted by atomic mass is 10.00. The van der Waals surface area contributed by atoms with Crippen LogP contribution >= 0.6 is 0 Å². The Morgan fingerprint density at radius 1 is 0.424 bits per heavy atom. The van der Waals surface area contributed by atoms with Gasteiger partial charge in [-0.25, -0.2) is 0 Å². The zero-order valence-corrected chi connectivity index (χ0v) is 32.0. The monoisotopic (exact) mass is 753 g/mol. The summed E-state index contributed by atoms with van der Waals surface area (Å²) in [6.45, 7) is 0. The number of hydrogen-bond acceptors (Lipinski definition) is 3. The van der Waals surface area contributed by atoms with Crippen molar-refractivity contribution in [1.82, 2.24) is 9.55 Å². The van der Waals surface area contributed by atoms with Gasteiger partial charge in [0.2, 0.25) is 0 Å². The largest absolute Gasteiger partial charge is 0.454 e. The molecule has 0 N–H and O–H groups in total. The average molecular weight is 754 g/mol. The molecule has 0 unspecified atom stereocenters. The molecule has 4 heteroatoms. The van der Waals surface area contributed by atoms with E-state index in [9.17, 15) is 0 Å². The molecule has 0 saturated heterocycles. The maximum atomic E-state index is 6.38. The van der Waals surface area contributed by atoms with Crippen LogP contribution in [0.3, 0.4) is 0 Å². The van der Waals surface area contributed by atoms with Crippen LogP contribution in [0.25, 0.3) is 93.4 Å². The van der Waals surface area contributed by atoms with Crippen molar-refractivity contribution in [3.63, 3.8) is 0 Å². The summed E-state index contributed by atoms with van der Waals surface area (Å²) in [5.41, 5.74) is 12.5. The van der Waals surface area contributed by atoms with E-state index in [1.807, 2.05) is 30.5 Å². The summed E-state index contributed by atoms with van der Waals surface area (Å²) in [5.74, 6) is 0. The van der Waals surface area contributed by atoms with E-state index in [1.165, 1.54) is 43.4 Å². The van der Waals surface area contributed by atoms with Gasteiger partial charge in [-0.1, -0.05) is 146 Å². The summed E-state index contributed by atoms with van der Waals surface area (Å²) in [6.07, 6.45) is 1.88. The first-order chi connectivity index (χ1) is 29.3. The fraction of sp³-hybridized carbons (Fsp3) is 0. The van der Waals surface area contributed by atoms with E-state index in [2.05, 4.69) is 191 Å². The number of para-hydroxylation sites is 3. The Kier molecular flexibility index (Phi) is 7.50. The van der Waals surface area contributed by atoms with Crippen LogP contribution in [0.5, 0.6) is 0 Å². The molecule has 276 valence electrons. The Balaban J connectivity index is 0.995. The quantitative estimate of drug-likeness (QED) is 0.170. The predicted octanol–water partition coefficient (Wildman–Crippen LogP) is 15.2. The highest BCUT2D eigenvalue weighted by molar-refractivity contribution is 6.21. The van der Waals surface area contributed by atoms with E-state index < -0.39 is 0 Å². The molecule has 0 aliphatic carbocycles. The lowest BCUT2D eigenvalue weighted by Crippen LogP contribution is -2.11. The van der Waals surface area contributed by atoms with Crippen molar-refractivity contribution in [2.24, 2.45) is 0 Å².